The van der Waals surface area contributed by atoms with Crippen LogP contribution in [0.3, 0.4) is 0 Å². The average Bonchev–Trinajstić information content (AvgIpc) is 3.28. The summed E-state index contributed by atoms with van der Waals surface area (Å²) in [6.45, 7) is 5.00. The second kappa shape index (κ2) is 8.25. The summed E-state index contributed by atoms with van der Waals surface area (Å²) in [5, 5.41) is 7.78. The first-order valence-corrected chi connectivity index (χ1v) is 10.1. The summed E-state index contributed by atoms with van der Waals surface area (Å²) in [5.74, 6) is 2.57. The molecule has 0 aliphatic heterocycles. The normalized spacial score (nSPS) is 23.4. The second-order valence-corrected chi connectivity index (χ2v) is 7.68. The van der Waals surface area contributed by atoms with Crippen molar-refractivity contribution in [3.05, 3.63) is 0 Å². The Hall–Kier alpha value is -1.21. The van der Waals surface area contributed by atoms with Gasteiger partial charge in [-0.05, 0) is 45.4 Å². The minimum Gasteiger partial charge on any atom is -0.393 e. The van der Waals surface area contributed by atoms with Crippen molar-refractivity contribution in [1.82, 2.24) is 9.97 Å². The van der Waals surface area contributed by atoms with Crippen LogP contribution in [0.1, 0.15) is 52.4 Å². The third kappa shape index (κ3) is 4.66. The van der Waals surface area contributed by atoms with E-state index in [4.69, 9.17) is 10.5 Å². The standard InChI is InChI=1S/C17H29N5OS/c1-3-9-24-17-21-15(19-11-5-6-11)14(18)16(22-17)20-12-7-8-13(10-12)23-4-2/h11-13H,3-10,18H2,1-2H3,(H2,19,20,21,22). The fraction of sp³-hybridized carbons (Fsp3) is 0.765. The molecule has 6 nitrogen and oxygen atoms in total. The SMILES string of the molecule is CCCSc1nc(NC2CC2)c(N)c(NC2CCC(OCC)C2)n1. The van der Waals surface area contributed by atoms with Gasteiger partial charge in [-0.25, -0.2) is 9.97 Å². The number of nitrogen functional groups attached to an aromatic ring is 1. The zero-order valence-corrected chi connectivity index (χ0v) is 15.5. The van der Waals surface area contributed by atoms with E-state index in [2.05, 4.69) is 34.4 Å². The molecule has 1 heterocycles. The van der Waals surface area contributed by atoms with Crippen LogP contribution in [0.5, 0.6) is 0 Å². The molecular weight excluding hydrogens is 322 g/mol. The molecule has 0 spiro atoms. The highest BCUT2D eigenvalue weighted by atomic mass is 32.2. The molecule has 2 fully saturated rings. The van der Waals surface area contributed by atoms with E-state index in [1.54, 1.807) is 11.8 Å². The zero-order chi connectivity index (χ0) is 16.9. The molecule has 7 heteroatoms. The van der Waals surface area contributed by atoms with Crippen molar-refractivity contribution >= 4 is 29.1 Å². The summed E-state index contributed by atoms with van der Waals surface area (Å²) in [4.78, 5) is 9.29. The van der Waals surface area contributed by atoms with Gasteiger partial charge in [0.15, 0.2) is 16.8 Å². The fourth-order valence-corrected chi connectivity index (χ4v) is 3.70. The van der Waals surface area contributed by atoms with Crippen LogP contribution >= 0.6 is 11.8 Å². The van der Waals surface area contributed by atoms with E-state index in [1.165, 1.54) is 12.8 Å². The van der Waals surface area contributed by atoms with Crippen molar-refractivity contribution in [2.75, 3.05) is 28.7 Å². The van der Waals surface area contributed by atoms with Crippen LogP contribution in [0.25, 0.3) is 0 Å². The van der Waals surface area contributed by atoms with Gasteiger partial charge in [0.1, 0.15) is 5.69 Å². The largest absolute Gasteiger partial charge is 0.393 e. The highest BCUT2D eigenvalue weighted by Gasteiger charge is 2.27. The van der Waals surface area contributed by atoms with Gasteiger partial charge in [0.25, 0.3) is 0 Å². The minimum atomic E-state index is 0.355. The summed E-state index contributed by atoms with van der Waals surface area (Å²) < 4.78 is 5.74. The van der Waals surface area contributed by atoms with Gasteiger partial charge in [0, 0.05) is 24.4 Å². The summed E-state index contributed by atoms with van der Waals surface area (Å²) in [6.07, 6.45) is 7.06. The van der Waals surface area contributed by atoms with E-state index in [1.807, 2.05) is 0 Å². The predicted octanol–water partition coefficient (Wildman–Crippen LogP) is 3.50. The Bertz CT molecular complexity index is 552. The van der Waals surface area contributed by atoms with Gasteiger partial charge in [-0.2, -0.15) is 0 Å². The Morgan fingerprint density at radius 1 is 1.08 bits per heavy atom. The molecule has 0 bridgehead atoms. The van der Waals surface area contributed by atoms with Gasteiger partial charge in [0.05, 0.1) is 6.10 Å². The van der Waals surface area contributed by atoms with Gasteiger partial charge >= 0.3 is 0 Å². The first kappa shape index (κ1) is 17.6. The third-order valence-electron chi connectivity index (χ3n) is 4.41. The molecule has 2 atom stereocenters. The molecule has 4 N–H and O–H groups in total. The number of anilines is 3. The number of nitrogens with zero attached hydrogens (tertiary/aromatic N) is 2. The van der Waals surface area contributed by atoms with E-state index in [0.717, 1.165) is 54.8 Å². The maximum absolute atomic E-state index is 6.34. The molecule has 2 aliphatic rings. The smallest absolute Gasteiger partial charge is 0.191 e. The van der Waals surface area contributed by atoms with E-state index < -0.39 is 0 Å². The Labute approximate surface area is 148 Å². The predicted molar refractivity (Wildman–Crippen MR) is 101 cm³/mol. The van der Waals surface area contributed by atoms with Crippen LogP contribution < -0.4 is 16.4 Å². The summed E-state index contributed by atoms with van der Waals surface area (Å²) >= 11 is 1.69. The molecule has 0 aromatic carbocycles. The number of aromatic nitrogens is 2. The number of nitrogens with two attached hydrogens (primary N) is 1. The fourth-order valence-electron chi connectivity index (χ4n) is 3.00. The topological polar surface area (TPSA) is 85.1 Å². The number of rotatable bonds is 9. The molecule has 0 amide bonds. The highest BCUT2D eigenvalue weighted by molar-refractivity contribution is 7.99. The highest BCUT2D eigenvalue weighted by Crippen LogP contribution is 2.34. The number of nitrogens with one attached hydrogen (secondary N) is 2. The molecular formula is C17H29N5OS. The molecule has 3 rings (SSSR count). The lowest BCUT2D eigenvalue weighted by atomic mass is 10.2. The van der Waals surface area contributed by atoms with Crippen LogP contribution in [0.2, 0.25) is 0 Å². The lowest BCUT2D eigenvalue weighted by Gasteiger charge is -2.18. The molecule has 1 aromatic rings. The van der Waals surface area contributed by atoms with E-state index in [0.29, 0.717) is 23.9 Å². The molecule has 0 saturated heterocycles. The van der Waals surface area contributed by atoms with E-state index in [-0.39, 0.29) is 0 Å². The zero-order valence-electron chi connectivity index (χ0n) is 14.7. The van der Waals surface area contributed by atoms with Gasteiger partial charge < -0.3 is 21.1 Å². The van der Waals surface area contributed by atoms with Crippen LogP contribution in [-0.2, 0) is 4.74 Å². The van der Waals surface area contributed by atoms with E-state index >= 15 is 0 Å². The maximum atomic E-state index is 6.34. The van der Waals surface area contributed by atoms with Crippen molar-refractivity contribution in [2.24, 2.45) is 0 Å². The van der Waals surface area contributed by atoms with Gasteiger partial charge in [-0.15, -0.1) is 0 Å². The Kier molecular flexibility index (Phi) is 6.05. The molecule has 134 valence electrons. The summed E-state index contributed by atoms with van der Waals surface area (Å²) in [5.41, 5.74) is 6.98. The minimum absolute atomic E-state index is 0.355. The number of hydrogen-bond acceptors (Lipinski definition) is 7. The number of thioether (sulfide) groups is 1. The number of ether oxygens (including phenoxy) is 1. The Balaban J connectivity index is 1.72. The lowest BCUT2D eigenvalue weighted by Crippen LogP contribution is -2.20. The first-order valence-electron chi connectivity index (χ1n) is 9.14. The van der Waals surface area contributed by atoms with Crippen LogP contribution in [0, 0.1) is 0 Å². The van der Waals surface area contributed by atoms with Crippen molar-refractivity contribution in [2.45, 2.75) is 75.7 Å². The lowest BCUT2D eigenvalue weighted by molar-refractivity contribution is 0.0679. The molecule has 1 aromatic heterocycles. The summed E-state index contributed by atoms with van der Waals surface area (Å²) in [6, 6.07) is 0.893. The monoisotopic (exact) mass is 351 g/mol. The molecule has 2 saturated carbocycles. The maximum Gasteiger partial charge on any atom is 0.191 e. The van der Waals surface area contributed by atoms with Crippen molar-refractivity contribution in [3.63, 3.8) is 0 Å². The average molecular weight is 352 g/mol. The molecule has 24 heavy (non-hydrogen) atoms. The Morgan fingerprint density at radius 2 is 1.75 bits per heavy atom. The quantitative estimate of drug-likeness (QED) is 0.464. The third-order valence-corrected chi connectivity index (χ3v) is 5.46. The van der Waals surface area contributed by atoms with Crippen LogP contribution in [0.4, 0.5) is 17.3 Å². The molecule has 2 aliphatic carbocycles. The van der Waals surface area contributed by atoms with Crippen molar-refractivity contribution in [1.29, 1.82) is 0 Å². The number of hydrogen-bond donors (Lipinski definition) is 3. The van der Waals surface area contributed by atoms with Gasteiger partial charge in [-0.3, -0.25) is 0 Å². The van der Waals surface area contributed by atoms with Gasteiger partial charge in [-0.1, -0.05) is 18.7 Å². The van der Waals surface area contributed by atoms with Crippen LogP contribution in [0.15, 0.2) is 5.16 Å². The van der Waals surface area contributed by atoms with Crippen molar-refractivity contribution in [3.8, 4) is 0 Å². The second-order valence-electron chi connectivity index (χ2n) is 6.62. The summed E-state index contributed by atoms with van der Waals surface area (Å²) in [7, 11) is 0. The first-order chi connectivity index (χ1) is 11.7. The van der Waals surface area contributed by atoms with Gasteiger partial charge in [0.2, 0.25) is 0 Å². The molecule has 0 radical (unpaired) electrons. The van der Waals surface area contributed by atoms with Crippen LogP contribution in [-0.4, -0.2) is 40.5 Å². The van der Waals surface area contributed by atoms with Crippen molar-refractivity contribution < 1.29 is 4.74 Å². The Morgan fingerprint density at radius 3 is 2.38 bits per heavy atom. The van der Waals surface area contributed by atoms with E-state index in [9.17, 15) is 0 Å². The molecule has 2 unspecified atom stereocenters.